The van der Waals surface area contributed by atoms with Gasteiger partial charge in [-0.25, -0.2) is 0 Å². The van der Waals surface area contributed by atoms with Gasteiger partial charge in [0.15, 0.2) is 0 Å². The van der Waals surface area contributed by atoms with Crippen molar-refractivity contribution in [2.24, 2.45) is 5.16 Å². The van der Waals surface area contributed by atoms with E-state index in [0.29, 0.717) is 0 Å². The van der Waals surface area contributed by atoms with Gasteiger partial charge in [0.05, 0.1) is 6.21 Å². The average Bonchev–Trinajstić information content (AvgIpc) is 2.94. The first-order valence-corrected chi connectivity index (χ1v) is 7.61. The number of benzene rings is 1. The van der Waals surface area contributed by atoms with E-state index in [1.807, 2.05) is 41.8 Å². The van der Waals surface area contributed by atoms with Crippen LogP contribution in [0, 0.1) is 0 Å². The summed E-state index contributed by atoms with van der Waals surface area (Å²) in [6.07, 6.45) is 0.934. The van der Waals surface area contributed by atoms with E-state index in [9.17, 15) is 4.79 Å². The lowest BCUT2D eigenvalue weighted by molar-refractivity contribution is -0.126. The minimum absolute atomic E-state index is 0.240. The van der Waals surface area contributed by atoms with Crippen LogP contribution in [0.1, 0.15) is 11.8 Å². The molecule has 4 nitrogen and oxygen atoms in total. The third-order valence-corrected chi connectivity index (χ3v) is 3.76. The molecule has 6 heteroatoms. The summed E-state index contributed by atoms with van der Waals surface area (Å²) < 4.78 is 0.959. The number of nitrogens with one attached hydrogen (secondary N) is 1. The third-order valence-electron chi connectivity index (χ3n) is 2.42. The van der Waals surface area contributed by atoms with Gasteiger partial charge in [0.1, 0.15) is 0 Å². The quantitative estimate of drug-likeness (QED) is 0.655. The number of hydrogen-bond acceptors (Lipinski definition) is 4. The summed E-state index contributed by atoms with van der Waals surface area (Å²) in [7, 11) is 0. The smallest absolute Gasteiger partial charge is 0.267 e. The molecule has 0 aliphatic rings. The van der Waals surface area contributed by atoms with Crippen LogP contribution in [0.4, 0.5) is 5.69 Å². The van der Waals surface area contributed by atoms with Crippen molar-refractivity contribution >= 4 is 45.1 Å². The van der Waals surface area contributed by atoms with Crippen molar-refractivity contribution < 1.29 is 9.63 Å². The maximum Gasteiger partial charge on any atom is 0.267 e. The van der Waals surface area contributed by atoms with E-state index in [0.717, 1.165) is 15.0 Å². The normalized spacial score (nSPS) is 12.3. The SMILES string of the molecule is C[C@@H](ON=Cc1cccs1)C(=O)Nc1ccc(Br)cc1. The topological polar surface area (TPSA) is 50.7 Å². The van der Waals surface area contributed by atoms with E-state index < -0.39 is 6.10 Å². The Morgan fingerprint density at radius 3 is 2.80 bits per heavy atom. The fourth-order valence-corrected chi connectivity index (χ4v) is 2.20. The molecule has 104 valence electrons. The Morgan fingerprint density at radius 2 is 2.15 bits per heavy atom. The van der Waals surface area contributed by atoms with Gasteiger partial charge in [-0.3, -0.25) is 4.79 Å². The summed E-state index contributed by atoms with van der Waals surface area (Å²) in [5, 5.41) is 8.51. The van der Waals surface area contributed by atoms with Gasteiger partial charge >= 0.3 is 0 Å². The zero-order valence-corrected chi connectivity index (χ0v) is 13.1. The second-order valence-electron chi connectivity index (χ2n) is 3.99. The summed E-state index contributed by atoms with van der Waals surface area (Å²) in [6, 6.07) is 11.2. The van der Waals surface area contributed by atoms with Crippen molar-refractivity contribution in [2.45, 2.75) is 13.0 Å². The van der Waals surface area contributed by atoms with Gasteiger partial charge in [-0.2, -0.15) is 0 Å². The Hall–Kier alpha value is -1.66. The van der Waals surface area contributed by atoms with E-state index in [-0.39, 0.29) is 5.91 Å². The van der Waals surface area contributed by atoms with Gasteiger partial charge < -0.3 is 10.2 Å². The molecule has 0 radical (unpaired) electrons. The van der Waals surface area contributed by atoms with Crippen LogP contribution >= 0.6 is 27.3 Å². The lowest BCUT2D eigenvalue weighted by Crippen LogP contribution is -2.26. The number of halogens is 1. The van der Waals surface area contributed by atoms with E-state index in [2.05, 4.69) is 26.4 Å². The molecule has 1 N–H and O–H groups in total. The van der Waals surface area contributed by atoms with Crippen molar-refractivity contribution in [3.05, 3.63) is 51.1 Å². The lowest BCUT2D eigenvalue weighted by atomic mass is 10.3. The Labute approximate surface area is 129 Å². The number of carbonyl (C=O) groups excluding carboxylic acids is 1. The van der Waals surface area contributed by atoms with E-state index in [4.69, 9.17) is 4.84 Å². The van der Waals surface area contributed by atoms with Crippen molar-refractivity contribution in [1.29, 1.82) is 0 Å². The number of amides is 1. The van der Waals surface area contributed by atoms with Crippen LogP contribution < -0.4 is 5.32 Å². The second-order valence-corrected chi connectivity index (χ2v) is 5.89. The van der Waals surface area contributed by atoms with Gasteiger partial charge in [-0.05, 0) is 42.6 Å². The molecular weight excluding hydrogens is 340 g/mol. The first kappa shape index (κ1) is 14.7. The Bertz CT molecular complexity index is 582. The van der Waals surface area contributed by atoms with Crippen molar-refractivity contribution in [2.75, 3.05) is 5.32 Å². The van der Waals surface area contributed by atoms with E-state index in [1.165, 1.54) is 0 Å². The molecule has 1 amide bonds. The monoisotopic (exact) mass is 352 g/mol. The fraction of sp³-hybridized carbons (Fsp3) is 0.143. The highest BCUT2D eigenvalue weighted by atomic mass is 79.9. The molecule has 0 fully saturated rings. The van der Waals surface area contributed by atoms with Gasteiger partial charge in [0.2, 0.25) is 6.10 Å². The molecule has 1 heterocycles. The second kappa shape index (κ2) is 7.21. The summed E-state index contributed by atoms with van der Waals surface area (Å²) in [4.78, 5) is 18.0. The number of carbonyl (C=O) groups is 1. The fourth-order valence-electron chi connectivity index (χ4n) is 1.36. The summed E-state index contributed by atoms with van der Waals surface area (Å²) in [6.45, 7) is 1.65. The lowest BCUT2D eigenvalue weighted by Gasteiger charge is -2.10. The number of oxime groups is 1. The van der Waals surface area contributed by atoms with Gasteiger partial charge in [-0.1, -0.05) is 27.2 Å². The Kier molecular flexibility index (Phi) is 5.31. The van der Waals surface area contributed by atoms with Crippen molar-refractivity contribution in [3.8, 4) is 0 Å². The first-order chi connectivity index (χ1) is 9.65. The number of hydrogen-bond donors (Lipinski definition) is 1. The molecule has 1 aromatic carbocycles. The summed E-state index contributed by atoms with van der Waals surface area (Å²) >= 11 is 4.89. The zero-order valence-electron chi connectivity index (χ0n) is 10.7. The maximum atomic E-state index is 11.9. The Morgan fingerprint density at radius 1 is 1.40 bits per heavy atom. The maximum absolute atomic E-state index is 11.9. The molecule has 20 heavy (non-hydrogen) atoms. The van der Waals surface area contributed by atoms with Crippen molar-refractivity contribution in [1.82, 2.24) is 0 Å². The highest BCUT2D eigenvalue weighted by molar-refractivity contribution is 9.10. The molecule has 2 aromatic rings. The predicted molar refractivity (Wildman–Crippen MR) is 85.2 cm³/mol. The number of rotatable bonds is 5. The first-order valence-electron chi connectivity index (χ1n) is 5.94. The predicted octanol–water partition coefficient (Wildman–Crippen LogP) is 3.89. The molecule has 0 aliphatic heterocycles. The van der Waals surface area contributed by atoms with Gasteiger partial charge in [0.25, 0.3) is 5.91 Å². The zero-order chi connectivity index (χ0) is 14.4. The highest BCUT2D eigenvalue weighted by Crippen LogP contribution is 2.14. The summed E-state index contributed by atoms with van der Waals surface area (Å²) in [5.74, 6) is -0.240. The van der Waals surface area contributed by atoms with Crippen LogP contribution in [0.25, 0.3) is 0 Å². The molecule has 0 aliphatic carbocycles. The number of thiophene rings is 1. The highest BCUT2D eigenvalue weighted by Gasteiger charge is 2.13. The molecular formula is C14H13BrN2O2S. The van der Waals surface area contributed by atoms with Crippen molar-refractivity contribution in [3.63, 3.8) is 0 Å². The van der Waals surface area contributed by atoms with Crippen LogP contribution in [0.2, 0.25) is 0 Å². The summed E-state index contributed by atoms with van der Waals surface area (Å²) in [5.41, 5.74) is 0.718. The molecule has 0 saturated carbocycles. The minimum Gasteiger partial charge on any atom is -0.383 e. The van der Waals surface area contributed by atoms with Crippen LogP contribution in [0.3, 0.4) is 0 Å². The molecule has 0 bridgehead atoms. The van der Waals surface area contributed by atoms with Crippen LogP contribution in [0.15, 0.2) is 51.4 Å². The molecule has 0 spiro atoms. The van der Waals surface area contributed by atoms with Gasteiger partial charge in [-0.15, -0.1) is 11.3 Å². The van der Waals surface area contributed by atoms with E-state index >= 15 is 0 Å². The molecule has 2 rings (SSSR count). The number of anilines is 1. The largest absolute Gasteiger partial charge is 0.383 e. The molecule has 0 unspecified atom stereocenters. The molecule has 1 aromatic heterocycles. The van der Waals surface area contributed by atoms with E-state index in [1.54, 1.807) is 24.5 Å². The van der Waals surface area contributed by atoms with Gasteiger partial charge in [0, 0.05) is 15.0 Å². The average molecular weight is 353 g/mol. The third kappa shape index (κ3) is 4.47. The molecule has 1 atom stereocenters. The van der Waals surface area contributed by atoms with Crippen LogP contribution in [0.5, 0.6) is 0 Å². The Balaban J connectivity index is 1.84. The van der Waals surface area contributed by atoms with Crippen LogP contribution in [-0.2, 0) is 9.63 Å². The molecule has 0 saturated heterocycles. The standard InChI is InChI=1S/C14H13BrN2O2S/c1-10(19-16-9-13-3-2-8-20-13)14(18)17-12-6-4-11(15)5-7-12/h2-10H,1H3,(H,17,18)/t10-/m1/s1. The number of nitrogens with zero attached hydrogens (tertiary/aromatic N) is 1. The van der Waals surface area contributed by atoms with Crippen LogP contribution in [-0.4, -0.2) is 18.2 Å². The minimum atomic E-state index is -0.658.